The maximum atomic E-state index is 12.8. The number of pyridine rings is 1. The van der Waals surface area contributed by atoms with Crippen molar-refractivity contribution in [1.29, 1.82) is 0 Å². The van der Waals surface area contributed by atoms with Crippen LogP contribution < -0.4 is 4.90 Å². The first-order chi connectivity index (χ1) is 13.0. The molecule has 1 aromatic heterocycles. The number of fused-ring (bicyclic) bond motifs is 1. The van der Waals surface area contributed by atoms with Gasteiger partial charge in [0.15, 0.2) is 0 Å². The lowest BCUT2D eigenvalue weighted by molar-refractivity contribution is 0.0747. The minimum Gasteiger partial charge on any atom is -0.366 e. The molecule has 3 aromatic rings. The van der Waals surface area contributed by atoms with Crippen LogP contribution in [0.5, 0.6) is 0 Å². The molecule has 0 saturated carbocycles. The lowest BCUT2D eigenvalue weighted by Crippen LogP contribution is -2.48. The summed E-state index contributed by atoms with van der Waals surface area (Å²) in [7, 11) is 0. The van der Waals surface area contributed by atoms with Crippen LogP contribution in [0, 0.1) is 6.92 Å². The molecule has 4 rings (SSSR count). The van der Waals surface area contributed by atoms with Gasteiger partial charge in [-0.1, -0.05) is 35.3 Å². The minimum atomic E-state index is -0.0138. The van der Waals surface area contributed by atoms with E-state index in [2.05, 4.69) is 35.0 Å². The number of amides is 1. The molecular formula is C21H19Cl2N3O. The predicted molar refractivity (Wildman–Crippen MR) is 111 cm³/mol. The first-order valence-corrected chi connectivity index (χ1v) is 9.64. The van der Waals surface area contributed by atoms with Crippen LogP contribution >= 0.6 is 23.2 Å². The Kier molecular flexibility index (Phi) is 4.94. The molecule has 0 N–H and O–H groups in total. The van der Waals surface area contributed by atoms with Gasteiger partial charge >= 0.3 is 0 Å². The molecule has 0 spiro atoms. The second-order valence-corrected chi connectivity index (χ2v) is 7.52. The number of carbonyl (C=O) groups excluding carboxylic acids is 1. The van der Waals surface area contributed by atoms with Crippen LogP contribution in [-0.4, -0.2) is 42.0 Å². The second-order valence-electron chi connectivity index (χ2n) is 6.71. The Labute approximate surface area is 168 Å². The average Bonchev–Trinajstić information content (AvgIpc) is 2.70. The molecule has 0 aliphatic carbocycles. The van der Waals surface area contributed by atoms with Gasteiger partial charge in [-0.2, -0.15) is 0 Å². The third-order valence-corrected chi connectivity index (χ3v) is 5.78. The zero-order valence-electron chi connectivity index (χ0n) is 15.0. The fourth-order valence-corrected chi connectivity index (χ4v) is 3.82. The number of benzene rings is 2. The third-order valence-electron chi connectivity index (χ3n) is 5.04. The molecule has 6 heteroatoms. The van der Waals surface area contributed by atoms with Crippen molar-refractivity contribution in [2.45, 2.75) is 6.92 Å². The fraction of sp³-hybridized carbons (Fsp3) is 0.238. The number of aromatic nitrogens is 1. The SMILES string of the molecule is Cc1ccc(N2CCN(C(=O)c3ccc(Cl)c(Cl)c3)CC2)c2ncccc12. The Morgan fingerprint density at radius 3 is 2.52 bits per heavy atom. The van der Waals surface area contributed by atoms with Crippen LogP contribution in [0.15, 0.2) is 48.7 Å². The van der Waals surface area contributed by atoms with Crippen LogP contribution in [0.3, 0.4) is 0 Å². The van der Waals surface area contributed by atoms with Crippen molar-refractivity contribution in [3.8, 4) is 0 Å². The van der Waals surface area contributed by atoms with E-state index in [9.17, 15) is 4.79 Å². The highest BCUT2D eigenvalue weighted by atomic mass is 35.5. The molecular weight excluding hydrogens is 381 g/mol. The minimum absolute atomic E-state index is 0.0138. The van der Waals surface area contributed by atoms with E-state index in [4.69, 9.17) is 23.2 Å². The van der Waals surface area contributed by atoms with Gasteiger partial charge in [-0.15, -0.1) is 0 Å². The molecule has 0 unspecified atom stereocenters. The van der Waals surface area contributed by atoms with Gasteiger partial charge in [0.25, 0.3) is 5.91 Å². The van der Waals surface area contributed by atoms with E-state index in [1.54, 1.807) is 18.2 Å². The van der Waals surface area contributed by atoms with Crippen molar-refractivity contribution >= 4 is 45.7 Å². The molecule has 2 aromatic carbocycles. The predicted octanol–water partition coefficient (Wildman–Crippen LogP) is 4.81. The van der Waals surface area contributed by atoms with Gasteiger partial charge < -0.3 is 9.80 Å². The monoisotopic (exact) mass is 399 g/mol. The molecule has 1 amide bonds. The maximum Gasteiger partial charge on any atom is 0.254 e. The van der Waals surface area contributed by atoms with E-state index < -0.39 is 0 Å². The fourth-order valence-electron chi connectivity index (χ4n) is 3.52. The lowest BCUT2D eigenvalue weighted by atomic mass is 10.1. The van der Waals surface area contributed by atoms with Crippen molar-refractivity contribution in [2.24, 2.45) is 0 Å². The second kappa shape index (κ2) is 7.37. The van der Waals surface area contributed by atoms with E-state index in [0.29, 0.717) is 28.7 Å². The Balaban J connectivity index is 1.52. The number of hydrogen-bond acceptors (Lipinski definition) is 3. The van der Waals surface area contributed by atoms with E-state index in [0.717, 1.165) is 24.3 Å². The van der Waals surface area contributed by atoms with Crippen LogP contribution in [0.4, 0.5) is 5.69 Å². The smallest absolute Gasteiger partial charge is 0.254 e. The third kappa shape index (κ3) is 3.47. The maximum absolute atomic E-state index is 12.8. The summed E-state index contributed by atoms with van der Waals surface area (Å²) in [6, 6.07) is 13.3. The normalized spacial score (nSPS) is 14.6. The van der Waals surface area contributed by atoms with Gasteiger partial charge in [0, 0.05) is 43.3 Å². The number of carbonyl (C=O) groups is 1. The van der Waals surface area contributed by atoms with E-state index >= 15 is 0 Å². The van der Waals surface area contributed by atoms with Crippen LogP contribution in [0.2, 0.25) is 10.0 Å². The number of halogens is 2. The summed E-state index contributed by atoms with van der Waals surface area (Å²) in [5.41, 5.74) is 3.93. The standard InChI is InChI=1S/C21H19Cl2N3O/c1-14-4-7-19(20-16(14)3-2-8-24-20)25-9-11-26(12-10-25)21(27)15-5-6-17(22)18(23)13-15/h2-8,13H,9-12H2,1H3. The van der Waals surface area contributed by atoms with Crippen molar-refractivity contribution in [3.63, 3.8) is 0 Å². The van der Waals surface area contributed by atoms with E-state index in [1.807, 2.05) is 17.2 Å². The first kappa shape index (κ1) is 18.1. The summed E-state index contributed by atoms with van der Waals surface area (Å²) >= 11 is 12.0. The summed E-state index contributed by atoms with van der Waals surface area (Å²) < 4.78 is 0. The Morgan fingerprint density at radius 1 is 1.00 bits per heavy atom. The highest BCUT2D eigenvalue weighted by Crippen LogP contribution is 2.29. The first-order valence-electron chi connectivity index (χ1n) is 8.88. The van der Waals surface area contributed by atoms with E-state index in [-0.39, 0.29) is 5.91 Å². The highest BCUT2D eigenvalue weighted by Gasteiger charge is 2.24. The molecule has 138 valence electrons. The number of piperazine rings is 1. The summed E-state index contributed by atoms with van der Waals surface area (Å²) in [6.45, 7) is 4.94. The summed E-state index contributed by atoms with van der Waals surface area (Å²) in [5.74, 6) is -0.0138. The van der Waals surface area contributed by atoms with E-state index in [1.165, 1.54) is 10.9 Å². The molecule has 1 aliphatic rings. The molecule has 0 atom stereocenters. The number of hydrogen-bond donors (Lipinski definition) is 0. The van der Waals surface area contributed by atoms with Gasteiger partial charge in [0.2, 0.25) is 0 Å². The number of rotatable bonds is 2. The van der Waals surface area contributed by atoms with Crippen LogP contribution in [0.1, 0.15) is 15.9 Å². The highest BCUT2D eigenvalue weighted by molar-refractivity contribution is 6.42. The Bertz CT molecular complexity index is 1010. The molecule has 2 heterocycles. The van der Waals surface area contributed by atoms with Gasteiger partial charge in [-0.25, -0.2) is 0 Å². The molecule has 27 heavy (non-hydrogen) atoms. The van der Waals surface area contributed by atoms with Gasteiger partial charge in [-0.3, -0.25) is 9.78 Å². The Hall–Kier alpha value is -2.30. The molecule has 1 saturated heterocycles. The van der Waals surface area contributed by atoms with Crippen molar-refractivity contribution in [2.75, 3.05) is 31.1 Å². The van der Waals surface area contributed by atoms with Gasteiger partial charge in [0.05, 0.1) is 21.2 Å². The summed E-state index contributed by atoms with van der Waals surface area (Å²) in [6.07, 6.45) is 1.83. The lowest BCUT2D eigenvalue weighted by Gasteiger charge is -2.36. The average molecular weight is 400 g/mol. The number of aryl methyl sites for hydroxylation is 1. The number of nitrogens with zero attached hydrogens (tertiary/aromatic N) is 3. The summed E-state index contributed by atoms with van der Waals surface area (Å²) in [5, 5.41) is 2.03. The molecule has 0 bridgehead atoms. The van der Waals surface area contributed by atoms with Crippen LogP contribution in [0.25, 0.3) is 10.9 Å². The zero-order chi connectivity index (χ0) is 19.0. The molecule has 1 fully saturated rings. The molecule has 4 nitrogen and oxygen atoms in total. The largest absolute Gasteiger partial charge is 0.366 e. The van der Waals surface area contributed by atoms with Crippen LogP contribution in [-0.2, 0) is 0 Å². The summed E-state index contributed by atoms with van der Waals surface area (Å²) in [4.78, 5) is 21.5. The number of anilines is 1. The van der Waals surface area contributed by atoms with Gasteiger partial charge in [0.1, 0.15) is 0 Å². The Morgan fingerprint density at radius 2 is 1.78 bits per heavy atom. The van der Waals surface area contributed by atoms with Gasteiger partial charge in [-0.05, 0) is 42.8 Å². The van der Waals surface area contributed by atoms with Crippen molar-refractivity contribution in [1.82, 2.24) is 9.88 Å². The quantitative estimate of drug-likeness (QED) is 0.619. The van der Waals surface area contributed by atoms with Crippen molar-refractivity contribution < 1.29 is 4.79 Å². The molecule has 1 aliphatic heterocycles. The zero-order valence-corrected chi connectivity index (χ0v) is 16.5. The van der Waals surface area contributed by atoms with Crippen molar-refractivity contribution in [3.05, 3.63) is 69.8 Å². The molecule has 0 radical (unpaired) electrons. The topological polar surface area (TPSA) is 36.4 Å².